The number of aliphatic hydroxyl groups excluding tert-OH is 2. The Morgan fingerprint density at radius 2 is 1.62 bits per heavy atom. The molecule has 0 aliphatic rings. The second-order valence-electron chi connectivity index (χ2n) is 5.24. The van der Waals surface area contributed by atoms with Gasteiger partial charge in [0.05, 0.1) is 13.2 Å². The molecule has 1 amide bonds. The molecule has 146 valence electrons. The van der Waals surface area contributed by atoms with Crippen LogP contribution in [-0.2, 0) is 14.8 Å². The van der Waals surface area contributed by atoms with Gasteiger partial charge in [-0.3, -0.25) is 9.59 Å². The summed E-state index contributed by atoms with van der Waals surface area (Å²) in [6.07, 6.45) is 0.0780. The molecule has 1 rings (SSSR count). The van der Waals surface area contributed by atoms with Gasteiger partial charge in [-0.05, 0) is 30.7 Å². The maximum absolute atomic E-state index is 12.2. The van der Waals surface area contributed by atoms with Gasteiger partial charge in [-0.15, -0.1) is 0 Å². The Bertz CT molecular complexity index is 747. The highest BCUT2D eigenvalue weighted by atomic mass is 32.2. The fourth-order valence-corrected chi connectivity index (χ4v) is 2.15. The molecule has 0 spiro atoms. The van der Waals surface area contributed by atoms with E-state index in [9.17, 15) is 41.4 Å². The van der Waals surface area contributed by atoms with Gasteiger partial charge in [-0.2, -0.15) is 21.6 Å². The molecule has 12 heteroatoms. The maximum atomic E-state index is 12.2. The van der Waals surface area contributed by atoms with Crippen molar-refractivity contribution >= 4 is 21.9 Å². The molecule has 0 saturated carbocycles. The average Bonchev–Trinajstić information content (AvgIpc) is 2.56. The van der Waals surface area contributed by atoms with Crippen LogP contribution in [0.25, 0.3) is 0 Å². The Hall–Kier alpha value is -2.18. The van der Waals surface area contributed by atoms with E-state index < -0.39 is 51.6 Å². The number of sulfonamides is 1. The van der Waals surface area contributed by atoms with Gasteiger partial charge in [0.25, 0.3) is 5.91 Å². The number of hydrogen-bond donors (Lipinski definition) is 3. The number of rotatable bonds is 7. The Balaban J connectivity index is 2.90. The topological polar surface area (TPSA) is 130 Å². The molecule has 0 aromatic heterocycles. The summed E-state index contributed by atoms with van der Waals surface area (Å²) in [4.78, 5) is 23.6. The molecule has 0 fully saturated rings. The highest BCUT2D eigenvalue weighted by Crippen LogP contribution is 2.25. The molecule has 0 saturated heterocycles. The fourth-order valence-electron chi connectivity index (χ4n) is 1.68. The van der Waals surface area contributed by atoms with Gasteiger partial charge in [0.1, 0.15) is 11.2 Å². The number of esters is 1. The standard InChI is InChI=1S/C14H16F3NO7S/c1-2-13(7-19,8-20)12(22)25-10-5-3-9(4-6-10)11(21)18-26(23,24)14(15,16)17/h3-6,19-20H,2,7-8H2,1H3,(H,18,21). The summed E-state index contributed by atoms with van der Waals surface area (Å²) >= 11 is 0. The van der Waals surface area contributed by atoms with Gasteiger partial charge < -0.3 is 14.9 Å². The van der Waals surface area contributed by atoms with Crippen molar-refractivity contribution in [3.8, 4) is 5.75 Å². The Morgan fingerprint density at radius 3 is 2.00 bits per heavy atom. The molecule has 0 heterocycles. The van der Waals surface area contributed by atoms with Crippen LogP contribution in [0.15, 0.2) is 24.3 Å². The molecule has 26 heavy (non-hydrogen) atoms. The summed E-state index contributed by atoms with van der Waals surface area (Å²) < 4.78 is 64.3. The number of hydrogen-bond acceptors (Lipinski definition) is 7. The van der Waals surface area contributed by atoms with E-state index in [0.29, 0.717) is 0 Å². The van der Waals surface area contributed by atoms with Crippen LogP contribution in [0.2, 0.25) is 0 Å². The van der Waals surface area contributed by atoms with Crippen molar-refractivity contribution in [2.24, 2.45) is 5.41 Å². The molecule has 0 aliphatic carbocycles. The first-order valence-electron chi connectivity index (χ1n) is 7.10. The Morgan fingerprint density at radius 1 is 1.12 bits per heavy atom. The van der Waals surface area contributed by atoms with Gasteiger partial charge in [0, 0.05) is 5.56 Å². The Kier molecular flexibility index (Phi) is 6.74. The number of carbonyl (C=O) groups is 2. The molecule has 0 radical (unpaired) electrons. The minimum Gasteiger partial charge on any atom is -0.426 e. The van der Waals surface area contributed by atoms with Crippen molar-refractivity contribution in [3.05, 3.63) is 29.8 Å². The van der Waals surface area contributed by atoms with E-state index >= 15 is 0 Å². The van der Waals surface area contributed by atoms with Crippen LogP contribution < -0.4 is 9.46 Å². The van der Waals surface area contributed by atoms with Crippen molar-refractivity contribution in [1.29, 1.82) is 0 Å². The average molecular weight is 399 g/mol. The maximum Gasteiger partial charge on any atom is 0.516 e. The SMILES string of the molecule is CCC(CO)(CO)C(=O)Oc1ccc(C(=O)NS(=O)(=O)C(F)(F)F)cc1. The fraction of sp³-hybridized carbons (Fsp3) is 0.429. The molecule has 8 nitrogen and oxygen atoms in total. The second-order valence-corrected chi connectivity index (χ2v) is 6.92. The largest absolute Gasteiger partial charge is 0.516 e. The molecule has 0 bridgehead atoms. The van der Waals surface area contributed by atoms with Crippen molar-refractivity contribution in [2.75, 3.05) is 13.2 Å². The summed E-state index contributed by atoms with van der Waals surface area (Å²) in [7, 11) is -5.84. The number of aliphatic hydroxyl groups is 2. The third kappa shape index (κ3) is 4.71. The summed E-state index contributed by atoms with van der Waals surface area (Å²) in [5.41, 5.74) is -7.60. The third-order valence-corrected chi connectivity index (χ3v) is 4.64. The van der Waals surface area contributed by atoms with Crippen LogP contribution in [0.5, 0.6) is 5.75 Å². The van der Waals surface area contributed by atoms with Crippen LogP contribution in [0.1, 0.15) is 23.7 Å². The predicted molar refractivity (Wildman–Crippen MR) is 81.4 cm³/mol. The number of halogens is 3. The third-order valence-electron chi connectivity index (χ3n) is 3.57. The first kappa shape index (κ1) is 21.9. The highest BCUT2D eigenvalue weighted by molar-refractivity contribution is 7.90. The number of carbonyl (C=O) groups excluding carboxylic acids is 2. The van der Waals surface area contributed by atoms with Gasteiger partial charge in [0.2, 0.25) is 0 Å². The molecular weight excluding hydrogens is 383 g/mol. The summed E-state index contributed by atoms with van der Waals surface area (Å²) in [5.74, 6) is -2.58. The summed E-state index contributed by atoms with van der Waals surface area (Å²) in [6.45, 7) is 0.200. The predicted octanol–water partition coefficient (Wildman–Crippen LogP) is 0.552. The number of nitrogens with one attached hydrogen (secondary N) is 1. The van der Waals surface area contributed by atoms with Crippen molar-refractivity contribution < 1.29 is 46.1 Å². The summed E-state index contributed by atoms with van der Waals surface area (Å²) in [6, 6.07) is 3.97. The van der Waals surface area contributed by atoms with Crippen molar-refractivity contribution in [1.82, 2.24) is 4.72 Å². The molecular formula is C14H16F3NO7S. The van der Waals surface area contributed by atoms with Gasteiger partial charge in [-0.1, -0.05) is 6.92 Å². The van der Waals surface area contributed by atoms with Crippen molar-refractivity contribution in [2.45, 2.75) is 18.9 Å². The molecule has 1 aromatic carbocycles. The molecule has 0 unspecified atom stereocenters. The summed E-state index contributed by atoms with van der Waals surface area (Å²) in [5, 5.41) is 18.5. The smallest absolute Gasteiger partial charge is 0.426 e. The zero-order valence-corrected chi connectivity index (χ0v) is 14.2. The minimum absolute atomic E-state index is 0.0780. The monoisotopic (exact) mass is 399 g/mol. The Labute approximate surface area is 146 Å². The number of benzene rings is 1. The lowest BCUT2D eigenvalue weighted by atomic mass is 9.87. The lowest BCUT2D eigenvalue weighted by molar-refractivity contribution is -0.151. The quantitative estimate of drug-likeness (QED) is 0.451. The van der Waals surface area contributed by atoms with E-state index in [2.05, 4.69) is 0 Å². The lowest BCUT2D eigenvalue weighted by Crippen LogP contribution is -2.41. The molecule has 0 aliphatic heterocycles. The van der Waals surface area contributed by atoms with E-state index in [0.717, 1.165) is 29.0 Å². The number of ether oxygens (including phenoxy) is 1. The van der Waals surface area contributed by atoms with Crippen LogP contribution in [0.3, 0.4) is 0 Å². The lowest BCUT2D eigenvalue weighted by Gasteiger charge is -2.25. The number of amides is 1. The van der Waals surface area contributed by atoms with Crippen molar-refractivity contribution in [3.63, 3.8) is 0 Å². The normalized spacial score (nSPS) is 12.5. The number of alkyl halides is 3. The van der Waals surface area contributed by atoms with Crippen LogP contribution >= 0.6 is 0 Å². The zero-order chi connectivity index (χ0) is 20.2. The highest BCUT2D eigenvalue weighted by Gasteiger charge is 2.47. The van der Waals surface area contributed by atoms with E-state index in [1.54, 1.807) is 6.92 Å². The first-order chi connectivity index (χ1) is 11.9. The van der Waals surface area contributed by atoms with E-state index in [1.807, 2.05) is 0 Å². The molecule has 3 N–H and O–H groups in total. The molecule has 0 atom stereocenters. The van der Waals surface area contributed by atoms with E-state index in [-0.39, 0.29) is 12.2 Å². The second kappa shape index (κ2) is 8.01. The van der Waals surface area contributed by atoms with Crippen LogP contribution in [0, 0.1) is 5.41 Å². The minimum atomic E-state index is -5.84. The van der Waals surface area contributed by atoms with Gasteiger partial charge in [0.15, 0.2) is 0 Å². The van der Waals surface area contributed by atoms with Gasteiger partial charge >= 0.3 is 21.5 Å². The van der Waals surface area contributed by atoms with E-state index in [1.165, 1.54) is 0 Å². The van der Waals surface area contributed by atoms with Crippen LogP contribution in [0.4, 0.5) is 13.2 Å². The molecule has 1 aromatic rings. The first-order valence-corrected chi connectivity index (χ1v) is 8.58. The van der Waals surface area contributed by atoms with Crippen LogP contribution in [-0.4, -0.2) is 49.2 Å². The zero-order valence-electron chi connectivity index (χ0n) is 13.4. The van der Waals surface area contributed by atoms with E-state index in [4.69, 9.17) is 4.74 Å². The van der Waals surface area contributed by atoms with Gasteiger partial charge in [-0.25, -0.2) is 4.72 Å².